The Hall–Kier alpha value is 0.123. The van der Waals surface area contributed by atoms with Crippen LogP contribution in [-0.4, -0.2) is 0 Å². The second-order valence-electron chi connectivity index (χ2n) is 1.52. The van der Waals surface area contributed by atoms with Crippen molar-refractivity contribution < 1.29 is 40.8 Å². The maximum Gasteiger partial charge on any atom is 2.00 e. The summed E-state index contributed by atoms with van der Waals surface area (Å²) in [5.41, 5.74) is 0.618. The van der Waals surface area contributed by atoms with E-state index in [4.69, 9.17) is 0 Å². The van der Waals surface area contributed by atoms with Crippen LogP contribution < -0.4 is 17.0 Å². The van der Waals surface area contributed by atoms with Gasteiger partial charge >= 0.3 is 19.5 Å². The molecule has 1 rings (SSSR count). The molecule has 0 spiro atoms. The van der Waals surface area contributed by atoms with Gasteiger partial charge in [-0.05, 0) is 6.67 Å². The second-order valence-corrected chi connectivity index (χ2v) is 1.52. The topological polar surface area (TPSA) is 0 Å². The molecule has 0 nitrogen and oxygen atoms in total. The Morgan fingerprint density at radius 2 is 1.60 bits per heavy atom. The molecule has 1 aromatic rings. The summed E-state index contributed by atoms with van der Waals surface area (Å²) < 4.78 is 11.6. The molecule has 0 bridgehead atoms. The van der Waals surface area contributed by atoms with E-state index in [1.54, 1.807) is 24.3 Å². The molecule has 10 heavy (non-hydrogen) atoms. The van der Waals surface area contributed by atoms with Crippen LogP contribution in [0.4, 0.5) is 4.39 Å². The molecule has 1 aromatic carbocycles. The number of benzene rings is 1. The predicted molar refractivity (Wildman–Crippen MR) is 31.0 cm³/mol. The van der Waals surface area contributed by atoms with Crippen molar-refractivity contribution in [1.82, 2.24) is 0 Å². The van der Waals surface area contributed by atoms with Crippen molar-refractivity contribution in [3.8, 4) is 0 Å². The molecule has 3 heteroatoms. The first-order chi connectivity index (χ1) is 3.93. The fourth-order valence-corrected chi connectivity index (χ4v) is 0.526. The first-order valence-electron chi connectivity index (χ1n) is 2.42. The number of rotatable bonds is 1. The Labute approximate surface area is 83.4 Å². The summed E-state index contributed by atoms with van der Waals surface area (Å²) in [5.74, 6) is 0. The molecule has 0 N–H and O–H groups in total. The summed E-state index contributed by atoms with van der Waals surface area (Å²) in [4.78, 5) is 0. The molecule has 0 saturated heterocycles. The molecule has 0 aromatic heterocycles. The standard InChI is InChI=1S/C7H6F.BrH.Zn/c8-6-7-4-2-1-3-5-7;;/h1-6H;1H;/q-1;;+2/p-1. The van der Waals surface area contributed by atoms with Gasteiger partial charge in [-0.15, -0.1) is 12.1 Å². The Kier molecular flexibility index (Phi) is 9.24. The van der Waals surface area contributed by atoms with Crippen LogP contribution in [0.5, 0.6) is 0 Å². The van der Waals surface area contributed by atoms with E-state index >= 15 is 0 Å². The number of hydrogen-bond acceptors (Lipinski definition) is 0. The van der Waals surface area contributed by atoms with Crippen LogP contribution in [0.25, 0.3) is 0 Å². The first-order valence-corrected chi connectivity index (χ1v) is 2.42. The average Bonchev–Trinajstić information content (AvgIpc) is 1.90. The normalized spacial score (nSPS) is 6.90. The van der Waals surface area contributed by atoms with E-state index in [1.807, 2.05) is 6.07 Å². The minimum absolute atomic E-state index is 0. The second kappa shape index (κ2) is 7.23. The zero-order valence-electron chi connectivity index (χ0n) is 5.43. The van der Waals surface area contributed by atoms with Gasteiger partial charge in [0.2, 0.25) is 0 Å². The Bertz CT molecular complexity index is 155. The molecule has 0 radical (unpaired) electrons. The van der Waals surface area contributed by atoms with Crippen LogP contribution in [0.1, 0.15) is 5.56 Å². The van der Waals surface area contributed by atoms with Crippen molar-refractivity contribution in [3.63, 3.8) is 0 Å². The quantitative estimate of drug-likeness (QED) is 0.453. The average molecular weight is 254 g/mol. The van der Waals surface area contributed by atoms with Gasteiger partial charge < -0.3 is 17.0 Å². The van der Waals surface area contributed by atoms with Crippen LogP contribution in [-0.2, 0) is 19.5 Å². The fourth-order valence-electron chi connectivity index (χ4n) is 0.526. The zero-order valence-corrected chi connectivity index (χ0v) is 9.98. The molecule has 0 amide bonds. The molecule has 0 atom stereocenters. The smallest absolute Gasteiger partial charge is 1.00 e. The van der Waals surface area contributed by atoms with Crippen molar-refractivity contribution in [2.75, 3.05) is 0 Å². The number of halogens is 2. The maximum atomic E-state index is 11.6. The largest absolute Gasteiger partial charge is 2.00 e. The Morgan fingerprint density at radius 3 is 1.90 bits per heavy atom. The Morgan fingerprint density at radius 1 is 1.10 bits per heavy atom. The van der Waals surface area contributed by atoms with Gasteiger partial charge in [0.05, 0.1) is 0 Å². The van der Waals surface area contributed by atoms with Crippen LogP contribution in [0.15, 0.2) is 30.3 Å². The molecular weight excluding hydrogens is 248 g/mol. The van der Waals surface area contributed by atoms with Crippen LogP contribution >= 0.6 is 0 Å². The summed E-state index contributed by atoms with van der Waals surface area (Å²) in [7, 11) is 0. The molecule has 0 heterocycles. The third-order valence-electron chi connectivity index (χ3n) is 0.926. The van der Waals surface area contributed by atoms with Gasteiger partial charge in [0.25, 0.3) is 0 Å². The van der Waals surface area contributed by atoms with Crippen LogP contribution in [0, 0.1) is 6.67 Å². The third-order valence-corrected chi connectivity index (χ3v) is 0.926. The van der Waals surface area contributed by atoms with E-state index in [-0.39, 0.29) is 36.5 Å². The van der Waals surface area contributed by atoms with Crippen molar-refractivity contribution in [2.24, 2.45) is 0 Å². The monoisotopic (exact) mass is 252 g/mol. The van der Waals surface area contributed by atoms with Gasteiger partial charge in [-0.1, -0.05) is 6.07 Å². The molecular formula is C7H6BrFZn. The maximum absolute atomic E-state index is 11.6. The first kappa shape index (κ1) is 12.8. The van der Waals surface area contributed by atoms with Gasteiger partial charge in [0.1, 0.15) is 0 Å². The van der Waals surface area contributed by atoms with Gasteiger partial charge in [-0.3, -0.25) is 4.39 Å². The summed E-state index contributed by atoms with van der Waals surface area (Å²) in [6.07, 6.45) is 0. The number of hydrogen-bond donors (Lipinski definition) is 0. The van der Waals surface area contributed by atoms with Gasteiger partial charge in [-0.2, -0.15) is 17.7 Å². The predicted octanol–water partition coefficient (Wildman–Crippen LogP) is -0.833. The van der Waals surface area contributed by atoms with E-state index in [9.17, 15) is 4.39 Å². The van der Waals surface area contributed by atoms with Gasteiger partial charge in [0, 0.05) is 0 Å². The van der Waals surface area contributed by atoms with Crippen molar-refractivity contribution in [2.45, 2.75) is 0 Å². The van der Waals surface area contributed by atoms with Crippen molar-refractivity contribution in [3.05, 3.63) is 42.6 Å². The fraction of sp³-hybridized carbons (Fsp3) is 0. The summed E-state index contributed by atoms with van der Waals surface area (Å²) in [5, 5.41) is 0. The molecule has 0 saturated carbocycles. The van der Waals surface area contributed by atoms with E-state index in [1.165, 1.54) is 0 Å². The minimum Gasteiger partial charge on any atom is -1.00 e. The van der Waals surface area contributed by atoms with Gasteiger partial charge in [0.15, 0.2) is 0 Å². The van der Waals surface area contributed by atoms with Crippen LogP contribution in [0.2, 0.25) is 0 Å². The molecule has 0 unspecified atom stereocenters. The summed E-state index contributed by atoms with van der Waals surface area (Å²) in [6, 6.07) is 8.86. The van der Waals surface area contributed by atoms with E-state index < -0.39 is 0 Å². The zero-order chi connectivity index (χ0) is 5.82. The molecule has 0 aliphatic heterocycles. The summed E-state index contributed by atoms with van der Waals surface area (Å²) in [6.45, 7) is 0.583. The molecule has 0 aliphatic carbocycles. The SMILES string of the molecule is F[CH-]c1ccccc1.[Br-].[Zn+2]. The van der Waals surface area contributed by atoms with Crippen molar-refractivity contribution in [1.29, 1.82) is 0 Å². The van der Waals surface area contributed by atoms with E-state index in [0.717, 1.165) is 0 Å². The summed E-state index contributed by atoms with van der Waals surface area (Å²) >= 11 is 0. The molecule has 50 valence electrons. The van der Waals surface area contributed by atoms with E-state index in [0.29, 0.717) is 12.2 Å². The van der Waals surface area contributed by atoms with Crippen molar-refractivity contribution >= 4 is 0 Å². The van der Waals surface area contributed by atoms with E-state index in [2.05, 4.69) is 0 Å². The minimum atomic E-state index is 0. The Balaban J connectivity index is 0. The molecule has 0 fully saturated rings. The van der Waals surface area contributed by atoms with Crippen LogP contribution in [0.3, 0.4) is 0 Å². The third kappa shape index (κ3) is 4.02. The van der Waals surface area contributed by atoms with Gasteiger partial charge in [-0.25, -0.2) is 0 Å². The molecule has 0 aliphatic rings.